The van der Waals surface area contributed by atoms with Crippen molar-refractivity contribution in [1.82, 2.24) is 15.6 Å². The Morgan fingerprint density at radius 1 is 1.12 bits per heavy atom. The molecule has 0 fully saturated rings. The van der Waals surface area contributed by atoms with E-state index in [1.54, 1.807) is 18.3 Å². The molecule has 0 radical (unpaired) electrons. The van der Waals surface area contributed by atoms with E-state index >= 15 is 0 Å². The Hall–Kier alpha value is -2.69. The lowest BCUT2D eigenvalue weighted by Gasteiger charge is -2.21. The number of rotatable bonds is 6. The highest BCUT2D eigenvalue weighted by Crippen LogP contribution is 2.07. The fraction of sp³-hybridized carbons (Fsp3) is 0.316. The van der Waals surface area contributed by atoms with Gasteiger partial charge in [0.25, 0.3) is 5.91 Å². The van der Waals surface area contributed by atoms with Crippen molar-refractivity contribution >= 4 is 11.8 Å². The Bertz CT molecular complexity index is 699. The van der Waals surface area contributed by atoms with Gasteiger partial charge in [0.05, 0.1) is 12.2 Å². The maximum absolute atomic E-state index is 12.4. The van der Waals surface area contributed by atoms with Crippen LogP contribution in [0.25, 0.3) is 0 Å². The molecular formula is C19H23N3O2. The zero-order valence-corrected chi connectivity index (χ0v) is 14.2. The first-order valence-electron chi connectivity index (χ1n) is 8.02. The second-order valence-corrected chi connectivity index (χ2v) is 6.10. The van der Waals surface area contributed by atoms with E-state index in [0.29, 0.717) is 12.1 Å². The molecule has 1 heterocycles. The number of carbonyl (C=O) groups excluding carboxylic acids is 2. The van der Waals surface area contributed by atoms with Gasteiger partial charge in [0.15, 0.2) is 0 Å². The topological polar surface area (TPSA) is 71.1 Å². The summed E-state index contributed by atoms with van der Waals surface area (Å²) in [6, 6.07) is 12.2. The average Bonchev–Trinajstić information content (AvgIpc) is 2.58. The van der Waals surface area contributed by atoms with Crippen LogP contribution in [0.15, 0.2) is 48.7 Å². The van der Waals surface area contributed by atoms with Gasteiger partial charge < -0.3 is 10.6 Å². The van der Waals surface area contributed by atoms with Crippen molar-refractivity contribution < 1.29 is 9.59 Å². The van der Waals surface area contributed by atoms with Crippen molar-refractivity contribution in [3.05, 3.63) is 65.5 Å². The highest BCUT2D eigenvalue weighted by molar-refractivity contribution is 5.97. The van der Waals surface area contributed by atoms with Gasteiger partial charge in [-0.15, -0.1) is 0 Å². The second-order valence-electron chi connectivity index (χ2n) is 6.10. The van der Waals surface area contributed by atoms with E-state index in [4.69, 9.17) is 0 Å². The van der Waals surface area contributed by atoms with Crippen LogP contribution in [0.1, 0.15) is 35.5 Å². The summed E-state index contributed by atoms with van der Waals surface area (Å²) < 4.78 is 0. The number of benzene rings is 1. The summed E-state index contributed by atoms with van der Waals surface area (Å²) in [7, 11) is 0. The molecule has 1 atom stereocenters. The Balaban J connectivity index is 2.00. The first kappa shape index (κ1) is 17.7. The monoisotopic (exact) mass is 325 g/mol. The molecule has 0 saturated carbocycles. The highest BCUT2D eigenvalue weighted by atomic mass is 16.2. The van der Waals surface area contributed by atoms with Crippen LogP contribution in [0, 0.1) is 12.8 Å². The lowest BCUT2D eigenvalue weighted by atomic mass is 10.0. The molecule has 0 aliphatic rings. The Labute approximate surface area is 142 Å². The third-order valence-electron chi connectivity index (χ3n) is 3.69. The SMILES string of the molecule is Cc1cccc(C(=O)NC(C(=O)NCc2ccccn2)C(C)C)c1. The Kier molecular flexibility index (Phi) is 6.07. The first-order chi connectivity index (χ1) is 11.5. The lowest BCUT2D eigenvalue weighted by molar-refractivity contribution is -0.124. The zero-order valence-electron chi connectivity index (χ0n) is 14.2. The van der Waals surface area contributed by atoms with E-state index < -0.39 is 6.04 Å². The average molecular weight is 325 g/mol. The number of aryl methyl sites for hydroxylation is 1. The second kappa shape index (κ2) is 8.24. The number of nitrogens with zero attached hydrogens (tertiary/aromatic N) is 1. The van der Waals surface area contributed by atoms with Crippen LogP contribution in [-0.2, 0) is 11.3 Å². The van der Waals surface area contributed by atoms with Crippen LogP contribution < -0.4 is 10.6 Å². The number of hydrogen-bond acceptors (Lipinski definition) is 3. The van der Waals surface area contributed by atoms with Gasteiger partial charge in [-0.25, -0.2) is 0 Å². The van der Waals surface area contributed by atoms with Gasteiger partial charge in [-0.2, -0.15) is 0 Å². The first-order valence-corrected chi connectivity index (χ1v) is 8.02. The Morgan fingerprint density at radius 2 is 1.92 bits per heavy atom. The van der Waals surface area contributed by atoms with Crippen LogP contribution in [0.3, 0.4) is 0 Å². The highest BCUT2D eigenvalue weighted by Gasteiger charge is 2.24. The van der Waals surface area contributed by atoms with Gasteiger partial charge in [0, 0.05) is 11.8 Å². The molecule has 24 heavy (non-hydrogen) atoms. The molecule has 126 valence electrons. The van der Waals surface area contributed by atoms with Crippen LogP contribution in [-0.4, -0.2) is 22.8 Å². The number of carbonyl (C=O) groups is 2. The van der Waals surface area contributed by atoms with Gasteiger partial charge in [0.2, 0.25) is 5.91 Å². The lowest BCUT2D eigenvalue weighted by Crippen LogP contribution is -2.49. The molecule has 0 spiro atoms. The van der Waals surface area contributed by atoms with Crippen molar-refractivity contribution in [2.75, 3.05) is 0 Å². The maximum Gasteiger partial charge on any atom is 0.251 e. The zero-order chi connectivity index (χ0) is 17.5. The molecule has 2 rings (SSSR count). The number of pyridine rings is 1. The summed E-state index contributed by atoms with van der Waals surface area (Å²) in [6.07, 6.45) is 1.68. The normalized spacial score (nSPS) is 11.8. The predicted octanol–water partition coefficient (Wildman–Crippen LogP) is 2.46. The fourth-order valence-electron chi connectivity index (χ4n) is 2.34. The van der Waals surface area contributed by atoms with Crippen LogP contribution >= 0.6 is 0 Å². The summed E-state index contributed by atoms with van der Waals surface area (Å²) in [6.45, 7) is 6.07. The van der Waals surface area contributed by atoms with E-state index in [2.05, 4.69) is 15.6 Å². The molecule has 0 bridgehead atoms. The molecule has 1 aromatic heterocycles. The van der Waals surface area contributed by atoms with Gasteiger partial charge in [-0.3, -0.25) is 14.6 Å². The summed E-state index contributed by atoms with van der Waals surface area (Å²) in [4.78, 5) is 29.0. The molecule has 0 saturated heterocycles. The predicted molar refractivity (Wildman–Crippen MR) is 93.4 cm³/mol. The van der Waals surface area contributed by atoms with Crippen molar-refractivity contribution in [2.45, 2.75) is 33.4 Å². The van der Waals surface area contributed by atoms with Crippen molar-refractivity contribution in [3.63, 3.8) is 0 Å². The molecule has 2 N–H and O–H groups in total. The third kappa shape index (κ3) is 4.91. The van der Waals surface area contributed by atoms with E-state index in [1.807, 2.05) is 51.1 Å². The summed E-state index contributed by atoms with van der Waals surface area (Å²) in [5.74, 6) is -0.482. The molecular weight excluding hydrogens is 302 g/mol. The molecule has 5 heteroatoms. The summed E-state index contributed by atoms with van der Waals surface area (Å²) >= 11 is 0. The number of hydrogen-bond donors (Lipinski definition) is 2. The van der Waals surface area contributed by atoms with Crippen molar-refractivity contribution in [2.24, 2.45) is 5.92 Å². The molecule has 1 unspecified atom stereocenters. The fourth-order valence-corrected chi connectivity index (χ4v) is 2.34. The third-order valence-corrected chi connectivity index (χ3v) is 3.69. The number of amides is 2. The number of aromatic nitrogens is 1. The summed E-state index contributed by atoms with van der Waals surface area (Å²) in [5.41, 5.74) is 2.33. The maximum atomic E-state index is 12.4. The molecule has 5 nitrogen and oxygen atoms in total. The van der Waals surface area contributed by atoms with Gasteiger partial charge >= 0.3 is 0 Å². The smallest absolute Gasteiger partial charge is 0.251 e. The summed E-state index contributed by atoms with van der Waals surface area (Å²) in [5, 5.41) is 5.66. The molecule has 2 amide bonds. The van der Waals surface area contributed by atoms with E-state index in [1.165, 1.54) is 0 Å². The van der Waals surface area contributed by atoms with Gasteiger partial charge in [0.1, 0.15) is 6.04 Å². The quantitative estimate of drug-likeness (QED) is 0.857. The number of nitrogens with one attached hydrogen (secondary N) is 2. The minimum Gasteiger partial charge on any atom is -0.349 e. The van der Waals surface area contributed by atoms with Crippen molar-refractivity contribution in [3.8, 4) is 0 Å². The van der Waals surface area contributed by atoms with Gasteiger partial charge in [-0.05, 0) is 37.1 Å². The van der Waals surface area contributed by atoms with Crippen LogP contribution in [0.2, 0.25) is 0 Å². The Morgan fingerprint density at radius 3 is 2.54 bits per heavy atom. The van der Waals surface area contributed by atoms with Crippen LogP contribution in [0.4, 0.5) is 0 Å². The minimum absolute atomic E-state index is 0.0255. The largest absolute Gasteiger partial charge is 0.349 e. The van der Waals surface area contributed by atoms with Gasteiger partial charge in [-0.1, -0.05) is 37.6 Å². The molecule has 0 aliphatic heterocycles. The molecule has 0 aliphatic carbocycles. The standard InChI is InChI=1S/C19H23N3O2/c1-13(2)17(19(24)21-12-16-9-4-5-10-20-16)22-18(23)15-8-6-7-14(3)11-15/h4-11,13,17H,12H2,1-3H3,(H,21,24)(H,22,23). The van der Waals surface area contributed by atoms with E-state index in [-0.39, 0.29) is 17.7 Å². The van der Waals surface area contributed by atoms with E-state index in [0.717, 1.165) is 11.3 Å². The van der Waals surface area contributed by atoms with Crippen molar-refractivity contribution in [1.29, 1.82) is 0 Å². The minimum atomic E-state index is -0.596. The van der Waals surface area contributed by atoms with Crippen LogP contribution in [0.5, 0.6) is 0 Å². The molecule has 1 aromatic carbocycles. The molecule has 2 aromatic rings. The van der Waals surface area contributed by atoms with E-state index in [9.17, 15) is 9.59 Å².